The van der Waals surface area contributed by atoms with Crippen molar-refractivity contribution in [3.05, 3.63) is 64.3 Å². The Balaban J connectivity index is 1.79. The molecule has 0 spiro atoms. The first-order chi connectivity index (χ1) is 16.9. The van der Waals surface area contributed by atoms with Crippen LogP contribution >= 0.6 is 11.6 Å². The summed E-state index contributed by atoms with van der Waals surface area (Å²) < 4.78 is 29.6. The zero-order chi connectivity index (χ0) is 24.7. The Morgan fingerprint density at radius 1 is 1.29 bits per heavy atom. The van der Waals surface area contributed by atoms with Gasteiger partial charge in [0.2, 0.25) is 0 Å². The number of ether oxygens (including phenoxy) is 2. The van der Waals surface area contributed by atoms with E-state index in [-0.39, 0.29) is 12.5 Å². The van der Waals surface area contributed by atoms with Gasteiger partial charge in [-0.3, -0.25) is 9.36 Å². The van der Waals surface area contributed by atoms with Crippen LogP contribution in [0.25, 0.3) is 22.5 Å². The van der Waals surface area contributed by atoms with E-state index in [0.29, 0.717) is 35.2 Å². The number of halogens is 2. The maximum atomic E-state index is 14.4. The van der Waals surface area contributed by atoms with Crippen LogP contribution in [0.15, 0.2) is 36.7 Å². The molecule has 8 nitrogen and oxygen atoms in total. The Morgan fingerprint density at radius 2 is 2.11 bits per heavy atom. The molecule has 35 heavy (non-hydrogen) atoms. The minimum atomic E-state index is -0.491. The van der Waals surface area contributed by atoms with E-state index in [1.165, 1.54) is 12.1 Å². The van der Waals surface area contributed by atoms with Gasteiger partial charge in [0.15, 0.2) is 16.7 Å². The molecule has 0 unspecified atom stereocenters. The molecular weight excluding hydrogens is 471 g/mol. The fourth-order valence-corrected chi connectivity index (χ4v) is 4.79. The zero-order valence-corrected chi connectivity index (χ0v) is 20.7. The first kappa shape index (κ1) is 23.3. The van der Waals surface area contributed by atoms with Gasteiger partial charge in [0.05, 0.1) is 11.4 Å². The van der Waals surface area contributed by atoms with Crippen molar-refractivity contribution < 1.29 is 13.9 Å². The standard InChI is InChI=1S/C25H26ClFN6O2/c1-5-33-23-15-9-21(25(28-11-15)29-13-34-4)35-14(2)19-10-17(27)6-7-18(19)22-16(12-32(3)30-22)8-20(23)24(26)31-33/h6-7,9-12,14H,5,8,13H2,1-4H3,(H,28,29)/t14-/m1/s1. The van der Waals surface area contributed by atoms with Crippen molar-refractivity contribution in [2.75, 3.05) is 19.2 Å². The summed E-state index contributed by atoms with van der Waals surface area (Å²) in [5.74, 6) is 0.684. The number of aromatic nitrogens is 5. The minimum Gasteiger partial charge on any atom is -0.482 e. The second-order valence-electron chi connectivity index (χ2n) is 8.46. The van der Waals surface area contributed by atoms with Crippen LogP contribution in [-0.4, -0.2) is 38.4 Å². The van der Waals surface area contributed by atoms with Crippen molar-refractivity contribution in [1.29, 1.82) is 0 Å². The number of pyridine rings is 1. The number of aryl methyl sites for hydroxylation is 2. The molecule has 1 N–H and O–H groups in total. The van der Waals surface area contributed by atoms with Crippen molar-refractivity contribution in [3.8, 4) is 28.3 Å². The first-order valence-electron chi connectivity index (χ1n) is 11.4. The predicted octanol–water partition coefficient (Wildman–Crippen LogP) is 5.22. The number of hydrogen-bond acceptors (Lipinski definition) is 6. The molecular formula is C25H26ClFN6O2. The SMILES string of the molecule is CCn1nc(Cl)c2c1-c1cnc(NCOC)c(c1)O[C@H](C)c1cc(F)ccc1-c1nn(C)cc1C2. The number of nitrogens with zero attached hydrogens (tertiary/aromatic N) is 5. The van der Waals surface area contributed by atoms with E-state index in [0.717, 1.165) is 33.6 Å². The monoisotopic (exact) mass is 496 g/mol. The maximum absolute atomic E-state index is 14.4. The predicted molar refractivity (Wildman–Crippen MR) is 132 cm³/mol. The minimum absolute atomic E-state index is 0.254. The molecule has 1 aliphatic heterocycles. The van der Waals surface area contributed by atoms with Crippen molar-refractivity contribution >= 4 is 17.4 Å². The third kappa shape index (κ3) is 4.26. The van der Waals surface area contributed by atoms with Gasteiger partial charge in [-0.2, -0.15) is 10.2 Å². The molecule has 0 saturated heterocycles. The quantitative estimate of drug-likeness (QED) is 0.390. The van der Waals surface area contributed by atoms with Gasteiger partial charge in [0.1, 0.15) is 18.7 Å². The van der Waals surface area contributed by atoms with Crippen LogP contribution < -0.4 is 10.1 Å². The molecule has 1 aromatic carbocycles. The third-order valence-electron chi connectivity index (χ3n) is 6.09. The number of methoxy groups -OCH3 is 1. The lowest BCUT2D eigenvalue weighted by Gasteiger charge is -2.22. The first-order valence-corrected chi connectivity index (χ1v) is 11.7. The normalized spacial score (nSPS) is 14.7. The van der Waals surface area contributed by atoms with Gasteiger partial charge in [-0.05, 0) is 38.1 Å². The van der Waals surface area contributed by atoms with Gasteiger partial charge in [-0.15, -0.1) is 0 Å². The van der Waals surface area contributed by atoms with E-state index in [1.807, 2.05) is 37.8 Å². The topological polar surface area (TPSA) is 79.0 Å². The maximum Gasteiger partial charge on any atom is 0.170 e. The van der Waals surface area contributed by atoms with Crippen LogP contribution in [0.1, 0.15) is 36.6 Å². The van der Waals surface area contributed by atoms with Crippen molar-refractivity contribution in [2.24, 2.45) is 7.05 Å². The smallest absolute Gasteiger partial charge is 0.170 e. The van der Waals surface area contributed by atoms with Crippen LogP contribution in [-0.2, 0) is 24.8 Å². The zero-order valence-electron chi connectivity index (χ0n) is 20.0. The molecule has 10 heteroatoms. The fraction of sp³-hybridized carbons (Fsp3) is 0.320. The average Bonchev–Trinajstić information content (AvgIpc) is 3.36. The molecule has 1 aliphatic rings. The molecule has 0 fully saturated rings. The number of anilines is 1. The summed E-state index contributed by atoms with van der Waals surface area (Å²) in [7, 11) is 3.46. The molecule has 0 radical (unpaired) electrons. The van der Waals surface area contributed by atoms with Gasteiger partial charge in [0, 0.05) is 67.3 Å². The van der Waals surface area contributed by atoms with E-state index in [4.69, 9.17) is 26.2 Å². The second-order valence-corrected chi connectivity index (χ2v) is 8.82. The molecule has 4 heterocycles. The Bertz CT molecular complexity index is 1400. The second kappa shape index (κ2) is 9.31. The largest absolute Gasteiger partial charge is 0.482 e. The van der Waals surface area contributed by atoms with Gasteiger partial charge in [-0.1, -0.05) is 11.6 Å². The molecule has 182 valence electrons. The lowest BCUT2D eigenvalue weighted by Crippen LogP contribution is -2.12. The van der Waals surface area contributed by atoms with E-state index < -0.39 is 6.10 Å². The summed E-state index contributed by atoms with van der Waals surface area (Å²) in [6.45, 7) is 4.79. The number of nitrogens with one attached hydrogen (secondary N) is 1. The average molecular weight is 497 g/mol. The molecule has 5 rings (SSSR count). The highest BCUT2D eigenvalue weighted by Crippen LogP contribution is 2.40. The van der Waals surface area contributed by atoms with E-state index in [9.17, 15) is 4.39 Å². The Hall–Kier alpha value is -3.43. The molecule has 1 atom stereocenters. The highest BCUT2D eigenvalue weighted by Gasteiger charge is 2.26. The highest BCUT2D eigenvalue weighted by molar-refractivity contribution is 6.30. The molecule has 0 saturated carbocycles. The van der Waals surface area contributed by atoms with Gasteiger partial charge in [-0.25, -0.2) is 9.37 Å². The van der Waals surface area contributed by atoms with Gasteiger partial charge < -0.3 is 14.8 Å². The Kier molecular flexibility index (Phi) is 6.21. The molecule has 2 bridgehead atoms. The number of hydrogen-bond donors (Lipinski definition) is 1. The van der Waals surface area contributed by atoms with Crippen LogP contribution in [0, 0.1) is 5.82 Å². The van der Waals surface area contributed by atoms with E-state index >= 15 is 0 Å². The number of fused-ring (bicyclic) bond motifs is 7. The van der Waals surface area contributed by atoms with Crippen LogP contribution in [0.3, 0.4) is 0 Å². The lowest BCUT2D eigenvalue weighted by atomic mass is 9.94. The Labute approximate surface area is 207 Å². The molecule has 3 aromatic heterocycles. The summed E-state index contributed by atoms with van der Waals surface area (Å²) in [5, 5.41) is 12.9. The van der Waals surface area contributed by atoms with Gasteiger partial charge >= 0.3 is 0 Å². The molecule has 0 amide bonds. The van der Waals surface area contributed by atoms with Crippen molar-refractivity contribution in [3.63, 3.8) is 0 Å². The highest BCUT2D eigenvalue weighted by atomic mass is 35.5. The molecule has 4 aromatic rings. The van der Waals surface area contributed by atoms with Crippen molar-refractivity contribution in [2.45, 2.75) is 32.9 Å². The summed E-state index contributed by atoms with van der Waals surface area (Å²) in [6.07, 6.45) is 3.74. The summed E-state index contributed by atoms with van der Waals surface area (Å²) in [6, 6.07) is 6.60. The lowest BCUT2D eigenvalue weighted by molar-refractivity contribution is 0.214. The van der Waals surface area contributed by atoms with Crippen LogP contribution in [0.4, 0.5) is 10.2 Å². The van der Waals surface area contributed by atoms with E-state index in [2.05, 4.69) is 15.4 Å². The molecule has 0 aliphatic carbocycles. The van der Waals surface area contributed by atoms with Crippen molar-refractivity contribution in [1.82, 2.24) is 24.5 Å². The summed E-state index contributed by atoms with van der Waals surface area (Å²) in [4.78, 5) is 4.61. The number of rotatable bonds is 4. The third-order valence-corrected chi connectivity index (χ3v) is 6.40. The number of benzene rings is 1. The Morgan fingerprint density at radius 3 is 2.89 bits per heavy atom. The van der Waals surface area contributed by atoms with Crippen LogP contribution in [0.2, 0.25) is 5.15 Å². The summed E-state index contributed by atoms with van der Waals surface area (Å²) >= 11 is 6.67. The van der Waals surface area contributed by atoms with E-state index in [1.54, 1.807) is 24.1 Å². The summed E-state index contributed by atoms with van der Waals surface area (Å²) in [5.41, 5.74) is 5.75. The van der Waals surface area contributed by atoms with Crippen LogP contribution in [0.5, 0.6) is 5.75 Å². The van der Waals surface area contributed by atoms with Gasteiger partial charge in [0.25, 0.3) is 0 Å². The fourth-order valence-electron chi connectivity index (χ4n) is 4.54.